The van der Waals surface area contributed by atoms with Crippen LogP contribution in [0.3, 0.4) is 0 Å². The molecule has 0 radical (unpaired) electrons. The molecule has 0 fully saturated rings. The molecule has 21 heavy (non-hydrogen) atoms. The third-order valence-electron chi connectivity index (χ3n) is 3.36. The summed E-state index contributed by atoms with van der Waals surface area (Å²) in [7, 11) is 3.45. The Morgan fingerprint density at radius 2 is 1.95 bits per heavy atom. The summed E-state index contributed by atoms with van der Waals surface area (Å²) in [5.41, 5.74) is 1.94. The quantitative estimate of drug-likeness (QED) is 0.738. The highest BCUT2D eigenvalue weighted by molar-refractivity contribution is 5.75. The molecule has 0 aliphatic heterocycles. The van der Waals surface area contributed by atoms with Crippen LogP contribution in [-0.4, -0.2) is 16.7 Å². The van der Waals surface area contributed by atoms with Gasteiger partial charge in [-0.15, -0.1) is 0 Å². The lowest BCUT2D eigenvalue weighted by molar-refractivity contribution is 0.272. The number of fused-ring (bicyclic) bond motifs is 1. The van der Waals surface area contributed by atoms with Crippen molar-refractivity contribution < 1.29 is 13.9 Å². The molecule has 0 aliphatic rings. The van der Waals surface area contributed by atoms with E-state index in [2.05, 4.69) is 4.98 Å². The summed E-state index contributed by atoms with van der Waals surface area (Å²) < 4.78 is 26.1. The third-order valence-corrected chi connectivity index (χ3v) is 3.36. The standard InChI is InChI=1S/C16H15FN2O2/c1-19-13-6-4-3-5-12(13)18-16(19)10-21-15-9-11(17)7-8-14(15)20-2/h3-9H,10H2,1-2H3. The Kier molecular flexibility index (Phi) is 3.48. The van der Waals surface area contributed by atoms with Gasteiger partial charge in [-0.05, 0) is 24.3 Å². The SMILES string of the molecule is COc1ccc(F)cc1OCc1nc2ccccc2n1C. The minimum Gasteiger partial charge on any atom is -0.493 e. The normalized spacial score (nSPS) is 10.8. The van der Waals surface area contributed by atoms with Crippen molar-refractivity contribution in [3.05, 3.63) is 54.1 Å². The molecular weight excluding hydrogens is 271 g/mol. The summed E-state index contributed by atoms with van der Waals surface area (Å²) in [5.74, 6) is 1.26. The molecule has 108 valence electrons. The second-order valence-corrected chi connectivity index (χ2v) is 4.66. The maximum atomic E-state index is 13.3. The predicted molar refractivity (Wildman–Crippen MR) is 78.0 cm³/mol. The van der Waals surface area contributed by atoms with Gasteiger partial charge in [-0.2, -0.15) is 0 Å². The van der Waals surface area contributed by atoms with E-state index in [9.17, 15) is 4.39 Å². The molecule has 3 rings (SSSR count). The van der Waals surface area contributed by atoms with Crippen molar-refractivity contribution in [1.29, 1.82) is 0 Å². The first-order valence-electron chi connectivity index (χ1n) is 6.55. The highest BCUT2D eigenvalue weighted by atomic mass is 19.1. The molecule has 3 aromatic rings. The number of para-hydroxylation sites is 2. The van der Waals surface area contributed by atoms with Crippen LogP contribution in [0.1, 0.15) is 5.82 Å². The second kappa shape index (κ2) is 5.44. The molecule has 2 aromatic carbocycles. The van der Waals surface area contributed by atoms with Crippen LogP contribution in [0.5, 0.6) is 11.5 Å². The average molecular weight is 286 g/mol. The molecule has 0 spiro atoms. The highest BCUT2D eigenvalue weighted by Crippen LogP contribution is 2.28. The van der Waals surface area contributed by atoms with Gasteiger partial charge in [0.2, 0.25) is 0 Å². The van der Waals surface area contributed by atoms with E-state index in [-0.39, 0.29) is 12.4 Å². The lowest BCUT2D eigenvalue weighted by Gasteiger charge is -2.10. The Labute approximate surface area is 121 Å². The number of rotatable bonds is 4. The number of imidazole rings is 1. The maximum absolute atomic E-state index is 13.3. The highest BCUT2D eigenvalue weighted by Gasteiger charge is 2.10. The molecule has 0 atom stereocenters. The first-order chi connectivity index (χ1) is 10.2. The van der Waals surface area contributed by atoms with Gasteiger partial charge in [0.15, 0.2) is 11.5 Å². The number of hydrogen-bond donors (Lipinski definition) is 0. The number of nitrogens with zero attached hydrogens (tertiary/aromatic N) is 2. The molecule has 0 saturated carbocycles. The van der Waals surface area contributed by atoms with Crippen LogP contribution in [0.2, 0.25) is 0 Å². The van der Waals surface area contributed by atoms with Crippen molar-refractivity contribution >= 4 is 11.0 Å². The minimum absolute atomic E-state index is 0.241. The Morgan fingerprint density at radius 3 is 2.71 bits per heavy atom. The van der Waals surface area contributed by atoms with Crippen molar-refractivity contribution in [3.63, 3.8) is 0 Å². The minimum atomic E-state index is -0.365. The Hall–Kier alpha value is -2.56. The lowest BCUT2D eigenvalue weighted by Crippen LogP contribution is -2.04. The number of ether oxygens (including phenoxy) is 2. The van der Waals surface area contributed by atoms with Gasteiger partial charge in [-0.25, -0.2) is 9.37 Å². The largest absolute Gasteiger partial charge is 0.493 e. The fourth-order valence-electron chi connectivity index (χ4n) is 2.23. The fraction of sp³-hybridized carbons (Fsp3) is 0.188. The van der Waals surface area contributed by atoms with Gasteiger partial charge in [0.05, 0.1) is 18.1 Å². The van der Waals surface area contributed by atoms with Gasteiger partial charge >= 0.3 is 0 Å². The van der Waals surface area contributed by atoms with Gasteiger partial charge in [-0.3, -0.25) is 0 Å². The summed E-state index contributed by atoms with van der Waals surface area (Å²) in [4.78, 5) is 4.51. The number of halogens is 1. The van der Waals surface area contributed by atoms with Gasteiger partial charge in [0.1, 0.15) is 18.2 Å². The molecule has 5 heteroatoms. The van der Waals surface area contributed by atoms with Crippen molar-refractivity contribution in [1.82, 2.24) is 9.55 Å². The Bertz CT molecular complexity index is 783. The monoisotopic (exact) mass is 286 g/mol. The zero-order valence-corrected chi connectivity index (χ0v) is 11.8. The molecule has 1 heterocycles. The van der Waals surface area contributed by atoms with Crippen LogP contribution in [0.25, 0.3) is 11.0 Å². The van der Waals surface area contributed by atoms with Crippen LogP contribution in [0, 0.1) is 5.82 Å². The van der Waals surface area contributed by atoms with Crippen molar-refractivity contribution in [2.24, 2.45) is 7.05 Å². The van der Waals surface area contributed by atoms with E-state index in [0.717, 1.165) is 16.9 Å². The van der Waals surface area contributed by atoms with Gasteiger partial charge in [-0.1, -0.05) is 12.1 Å². The number of aromatic nitrogens is 2. The van der Waals surface area contributed by atoms with E-state index in [4.69, 9.17) is 9.47 Å². The van der Waals surface area contributed by atoms with Gasteiger partial charge < -0.3 is 14.0 Å². The Morgan fingerprint density at radius 1 is 1.14 bits per heavy atom. The summed E-state index contributed by atoms with van der Waals surface area (Å²) in [6.07, 6.45) is 0. The molecule has 1 aromatic heterocycles. The molecule has 0 saturated heterocycles. The van der Waals surface area contributed by atoms with E-state index < -0.39 is 0 Å². The molecule has 0 aliphatic carbocycles. The van der Waals surface area contributed by atoms with E-state index in [0.29, 0.717) is 11.5 Å². The molecule has 0 amide bonds. The lowest BCUT2D eigenvalue weighted by atomic mass is 10.3. The second-order valence-electron chi connectivity index (χ2n) is 4.66. The van der Waals surface area contributed by atoms with Crippen LogP contribution in [-0.2, 0) is 13.7 Å². The van der Waals surface area contributed by atoms with Gasteiger partial charge in [0.25, 0.3) is 0 Å². The maximum Gasteiger partial charge on any atom is 0.164 e. The summed E-state index contributed by atoms with van der Waals surface area (Å²) in [6.45, 7) is 0.241. The van der Waals surface area contributed by atoms with Gasteiger partial charge in [0, 0.05) is 13.1 Å². The Balaban J connectivity index is 1.87. The van der Waals surface area contributed by atoms with Crippen molar-refractivity contribution in [3.8, 4) is 11.5 Å². The molecule has 0 N–H and O–H groups in total. The summed E-state index contributed by atoms with van der Waals surface area (Å²) in [6, 6.07) is 12.0. The summed E-state index contributed by atoms with van der Waals surface area (Å²) >= 11 is 0. The van der Waals surface area contributed by atoms with E-state index in [1.165, 1.54) is 19.2 Å². The number of methoxy groups -OCH3 is 1. The number of benzene rings is 2. The van der Waals surface area contributed by atoms with E-state index in [1.54, 1.807) is 6.07 Å². The number of hydrogen-bond acceptors (Lipinski definition) is 3. The van der Waals surface area contributed by atoms with Crippen molar-refractivity contribution in [2.75, 3.05) is 7.11 Å². The average Bonchev–Trinajstić information content (AvgIpc) is 2.82. The number of aryl methyl sites for hydroxylation is 1. The smallest absolute Gasteiger partial charge is 0.164 e. The molecule has 4 nitrogen and oxygen atoms in total. The zero-order valence-electron chi connectivity index (χ0n) is 11.8. The molecule has 0 unspecified atom stereocenters. The predicted octanol–water partition coefficient (Wildman–Crippen LogP) is 3.30. The van der Waals surface area contributed by atoms with Crippen LogP contribution in [0.4, 0.5) is 4.39 Å². The van der Waals surface area contributed by atoms with Crippen LogP contribution in [0.15, 0.2) is 42.5 Å². The van der Waals surface area contributed by atoms with E-state index >= 15 is 0 Å². The van der Waals surface area contributed by atoms with Crippen LogP contribution < -0.4 is 9.47 Å². The fourth-order valence-corrected chi connectivity index (χ4v) is 2.23. The zero-order chi connectivity index (χ0) is 14.8. The van der Waals surface area contributed by atoms with Crippen molar-refractivity contribution in [2.45, 2.75) is 6.61 Å². The topological polar surface area (TPSA) is 36.3 Å². The van der Waals surface area contributed by atoms with Crippen LogP contribution >= 0.6 is 0 Å². The summed E-state index contributed by atoms with van der Waals surface area (Å²) in [5, 5.41) is 0. The molecule has 0 bridgehead atoms. The first kappa shape index (κ1) is 13.4. The molecular formula is C16H15FN2O2. The van der Waals surface area contributed by atoms with E-state index in [1.807, 2.05) is 35.9 Å². The third kappa shape index (κ3) is 2.54. The first-order valence-corrected chi connectivity index (χ1v) is 6.55.